The number of benzene rings is 2. The zero-order valence-corrected chi connectivity index (χ0v) is 17.0. The van der Waals surface area contributed by atoms with Gasteiger partial charge in [-0.2, -0.15) is 4.31 Å². The molecule has 0 radical (unpaired) electrons. The van der Waals surface area contributed by atoms with Gasteiger partial charge in [0.05, 0.1) is 30.1 Å². The summed E-state index contributed by atoms with van der Waals surface area (Å²) in [6, 6.07) is 15.6. The summed E-state index contributed by atoms with van der Waals surface area (Å²) in [6.45, 7) is 1.84. The molecule has 2 fully saturated rings. The molecule has 0 aliphatic carbocycles. The van der Waals surface area contributed by atoms with Gasteiger partial charge in [0, 0.05) is 12.5 Å². The molecule has 2 aromatic carbocycles. The summed E-state index contributed by atoms with van der Waals surface area (Å²) in [6.07, 6.45) is 3.96. The lowest BCUT2D eigenvalue weighted by molar-refractivity contribution is -0.158. The van der Waals surface area contributed by atoms with E-state index in [1.54, 1.807) is 35.2 Å². The second-order valence-electron chi connectivity index (χ2n) is 7.42. The van der Waals surface area contributed by atoms with E-state index in [4.69, 9.17) is 0 Å². The first kappa shape index (κ1) is 19.8. The standard InChI is InChI=1S/C22H24N2O4S/c1-2-6-16-9-11-17(12-10-16)22-19-13-23(14-21(26)24(19)20(22)15-25)29(27,28)18-7-4-3-5-8-18/h2-12,19-20,22,25H,13-15H2,1H3/t19-,20+,22+/m0/s1. The van der Waals surface area contributed by atoms with E-state index >= 15 is 0 Å². The van der Waals surface area contributed by atoms with Crippen molar-refractivity contribution in [3.05, 3.63) is 71.8 Å². The summed E-state index contributed by atoms with van der Waals surface area (Å²) in [5, 5.41) is 9.88. The molecular formula is C22H24N2O4S. The number of sulfonamides is 1. The highest BCUT2D eigenvalue weighted by atomic mass is 32.2. The topological polar surface area (TPSA) is 77.9 Å². The minimum atomic E-state index is -3.75. The average molecular weight is 413 g/mol. The molecule has 1 N–H and O–H groups in total. The highest BCUT2D eigenvalue weighted by molar-refractivity contribution is 7.89. The van der Waals surface area contributed by atoms with E-state index in [0.717, 1.165) is 11.1 Å². The van der Waals surface area contributed by atoms with Crippen LogP contribution in [0.4, 0.5) is 0 Å². The van der Waals surface area contributed by atoms with Crippen molar-refractivity contribution in [3.63, 3.8) is 0 Å². The zero-order chi connectivity index (χ0) is 20.6. The Morgan fingerprint density at radius 2 is 1.79 bits per heavy atom. The minimum Gasteiger partial charge on any atom is -0.394 e. The second-order valence-corrected chi connectivity index (χ2v) is 9.36. The first-order valence-electron chi connectivity index (χ1n) is 9.67. The van der Waals surface area contributed by atoms with Crippen molar-refractivity contribution in [2.75, 3.05) is 19.7 Å². The molecule has 0 aromatic heterocycles. The Kier molecular flexibility index (Phi) is 5.29. The van der Waals surface area contributed by atoms with Crippen molar-refractivity contribution in [3.8, 4) is 0 Å². The maximum Gasteiger partial charge on any atom is 0.243 e. The van der Waals surface area contributed by atoms with E-state index in [0.29, 0.717) is 0 Å². The highest BCUT2D eigenvalue weighted by Gasteiger charge is 2.55. The number of hydrogen-bond donors (Lipinski definition) is 1. The summed E-state index contributed by atoms with van der Waals surface area (Å²) in [7, 11) is -3.75. The van der Waals surface area contributed by atoms with Gasteiger partial charge < -0.3 is 10.0 Å². The molecule has 29 heavy (non-hydrogen) atoms. The molecule has 0 spiro atoms. The molecule has 0 unspecified atom stereocenters. The quantitative estimate of drug-likeness (QED) is 0.816. The number of nitrogens with zero attached hydrogens (tertiary/aromatic N) is 2. The summed E-state index contributed by atoms with van der Waals surface area (Å²) < 4.78 is 27.3. The van der Waals surface area contributed by atoms with Gasteiger partial charge >= 0.3 is 0 Å². The molecule has 2 aromatic rings. The van der Waals surface area contributed by atoms with Crippen LogP contribution in [0.3, 0.4) is 0 Å². The first-order valence-corrected chi connectivity index (χ1v) is 11.1. The van der Waals surface area contributed by atoms with Gasteiger partial charge in [-0.1, -0.05) is 54.6 Å². The fourth-order valence-electron chi connectivity index (χ4n) is 4.42. The van der Waals surface area contributed by atoms with E-state index in [1.165, 1.54) is 4.31 Å². The SMILES string of the molecule is CC=Cc1ccc([C@H]2[C@@H](CO)N3C(=O)CN(S(=O)(=O)c4ccccc4)C[C@@H]23)cc1. The van der Waals surface area contributed by atoms with Crippen LogP contribution in [0.5, 0.6) is 0 Å². The number of carbonyl (C=O) groups excluding carboxylic acids is 1. The normalized spacial score (nSPS) is 25.1. The van der Waals surface area contributed by atoms with Crippen LogP contribution in [-0.4, -0.2) is 60.4 Å². The van der Waals surface area contributed by atoms with Crippen molar-refractivity contribution in [1.82, 2.24) is 9.21 Å². The third kappa shape index (κ3) is 3.39. The van der Waals surface area contributed by atoms with Gasteiger partial charge in [-0.05, 0) is 30.2 Å². The minimum absolute atomic E-state index is 0.0996. The number of fused-ring (bicyclic) bond motifs is 1. The molecule has 2 saturated heterocycles. The molecule has 1 amide bonds. The summed E-state index contributed by atoms with van der Waals surface area (Å²) >= 11 is 0. The lowest BCUT2D eigenvalue weighted by atomic mass is 9.74. The van der Waals surface area contributed by atoms with E-state index in [9.17, 15) is 18.3 Å². The first-order chi connectivity index (χ1) is 14.0. The van der Waals surface area contributed by atoms with Gasteiger partial charge in [0.25, 0.3) is 0 Å². The van der Waals surface area contributed by atoms with E-state index < -0.39 is 10.0 Å². The lowest BCUT2D eigenvalue weighted by Gasteiger charge is -2.58. The summed E-state index contributed by atoms with van der Waals surface area (Å²) in [4.78, 5) is 14.6. The van der Waals surface area contributed by atoms with Crippen LogP contribution in [0.15, 0.2) is 65.6 Å². The Morgan fingerprint density at radius 1 is 1.10 bits per heavy atom. The number of rotatable bonds is 5. The van der Waals surface area contributed by atoms with Crippen molar-refractivity contribution in [2.45, 2.75) is 29.8 Å². The van der Waals surface area contributed by atoms with Crippen molar-refractivity contribution >= 4 is 22.0 Å². The Labute approximate surface area is 171 Å². The molecule has 4 rings (SSSR count). The van der Waals surface area contributed by atoms with Crippen molar-refractivity contribution < 1.29 is 18.3 Å². The Hall–Kier alpha value is -2.48. The van der Waals surface area contributed by atoms with Gasteiger partial charge in [-0.3, -0.25) is 4.79 Å². The molecule has 0 bridgehead atoms. The summed E-state index contributed by atoms with van der Waals surface area (Å²) in [5.74, 6) is -0.362. The van der Waals surface area contributed by atoms with Crippen LogP contribution in [0, 0.1) is 0 Å². The van der Waals surface area contributed by atoms with Crippen LogP contribution < -0.4 is 0 Å². The van der Waals surface area contributed by atoms with E-state index in [1.807, 2.05) is 43.3 Å². The van der Waals surface area contributed by atoms with Crippen LogP contribution in [0.25, 0.3) is 6.08 Å². The van der Waals surface area contributed by atoms with Crippen molar-refractivity contribution in [1.29, 1.82) is 0 Å². The van der Waals surface area contributed by atoms with Crippen LogP contribution >= 0.6 is 0 Å². The molecule has 2 heterocycles. The predicted octanol–water partition coefficient (Wildman–Crippen LogP) is 2.08. The highest BCUT2D eigenvalue weighted by Crippen LogP contribution is 2.43. The van der Waals surface area contributed by atoms with Gasteiger partial charge in [0.1, 0.15) is 0 Å². The van der Waals surface area contributed by atoms with E-state index in [-0.39, 0.29) is 48.5 Å². The molecule has 2 aliphatic rings. The van der Waals surface area contributed by atoms with Crippen molar-refractivity contribution in [2.24, 2.45) is 0 Å². The fourth-order valence-corrected chi connectivity index (χ4v) is 5.84. The van der Waals surface area contributed by atoms with Crippen LogP contribution in [0.1, 0.15) is 24.0 Å². The van der Waals surface area contributed by atoms with E-state index in [2.05, 4.69) is 0 Å². The third-order valence-electron chi connectivity index (χ3n) is 5.78. The van der Waals surface area contributed by atoms with Gasteiger partial charge in [-0.15, -0.1) is 0 Å². The smallest absolute Gasteiger partial charge is 0.243 e. The second kappa shape index (κ2) is 7.74. The maximum absolute atomic E-state index is 13.0. The molecule has 2 aliphatic heterocycles. The Balaban J connectivity index is 1.62. The predicted molar refractivity (Wildman–Crippen MR) is 111 cm³/mol. The largest absolute Gasteiger partial charge is 0.394 e. The number of piperazine rings is 1. The molecule has 3 atom stereocenters. The molecule has 6 nitrogen and oxygen atoms in total. The number of aliphatic hydroxyl groups excluding tert-OH is 1. The molecule has 7 heteroatoms. The van der Waals surface area contributed by atoms with Gasteiger partial charge in [0.15, 0.2) is 0 Å². The Morgan fingerprint density at radius 3 is 2.41 bits per heavy atom. The maximum atomic E-state index is 13.0. The number of carbonyl (C=O) groups is 1. The number of hydrogen-bond acceptors (Lipinski definition) is 4. The van der Waals surface area contributed by atoms with Gasteiger partial charge in [0.2, 0.25) is 15.9 Å². The zero-order valence-electron chi connectivity index (χ0n) is 16.2. The fraction of sp³-hybridized carbons (Fsp3) is 0.318. The Bertz CT molecular complexity index is 1020. The third-order valence-corrected chi connectivity index (χ3v) is 7.61. The van der Waals surface area contributed by atoms with Crippen LogP contribution in [0.2, 0.25) is 0 Å². The molecule has 152 valence electrons. The number of amides is 1. The monoisotopic (exact) mass is 412 g/mol. The van der Waals surface area contributed by atoms with Crippen LogP contribution in [-0.2, 0) is 14.8 Å². The molecular weight excluding hydrogens is 388 g/mol. The molecule has 0 saturated carbocycles. The van der Waals surface area contributed by atoms with Gasteiger partial charge in [-0.25, -0.2) is 8.42 Å². The number of allylic oxidation sites excluding steroid dienone is 1. The average Bonchev–Trinajstić information content (AvgIpc) is 2.71. The summed E-state index contributed by atoms with van der Waals surface area (Å²) in [5.41, 5.74) is 2.08. The lowest BCUT2D eigenvalue weighted by Crippen LogP contribution is -2.73. The number of aliphatic hydroxyl groups is 1.